The molecule has 0 atom stereocenters. The van der Waals surface area contributed by atoms with Crippen LogP contribution in [0.2, 0.25) is 5.02 Å². The van der Waals surface area contributed by atoms with Crippen molar-refractivity contribution in [3.8, 4) is 0 Å². The summed E-state index contributed by atoms with van der Waals surface area (Å²) in [6.45, 7) is 7.16. The first-order valence-corrected chi connectivity index (χ1v) is 7.01. The summed E-state index contributed by atoms with van der Waals surface area (Å²) in [5, 5.41) is 0.709. The summed E-state index contributed by atoms with van der Waals surface area (Å²) in [6.07, 6.45) is 1.70. The smallest absolute Gasteiger partial charge is 0.123 e. The molecule has 0 saturated carbocycles. The van der Waals surface area contributed by atoms with Gasteiger partial charge in [0.15, 0.2) is 0 Å². The summed E-state index contributed by atoms with van der Waals surface area (Å²) < 4.78 is 7.67. The number of furan rings is 1. The van der Waals surface area contributed by atoms with Crippen molar-refractivity contribution in [3.63, 3.8) is 0 Å². The normalized spacial score (nSPS) is 12.2. The summed E-state index contributed by atoms with van der Waals surface area (Å²) in [5.74, 6) is 1.95. The SMILES string of the molecule is CC(C)(C)c1nc2cc(Cl)ccc2n1Cc1ccco1. The number of rotatable bonds is 2. The molecule has 0 fully saturated rings. The monoisotopic (exact) mass is 288 g/mol. The van der Waals surface area contributed by atoms with E-state index in [4.69, 9.17) is 21.0 Å². The standard InChI is InChI=1S/C16H17ClN2O/c1-16(2,3)15-18-13-9-11(17)6-7-14(13)19(15)10-12-5-4-8-20-12/h4-9H,10H2,1-3H3. The fourth-order valence-electron chi connectivity index (χ4n) is 2.39. The Kier molecular flexibility index (Phi) is 3.09. The third kappa shape index (κ3) is 2.34. The van der Waals surface area contributed by atoms with Crippen molar-refractivity contribution < 1.29 is 4.42 Å². The minimum atomic E-state index is -0.0436. The first-order valence-electron chi connectivity index (χ1n) is 6.64. The van der Waals surface area contributed by atoms with Crippen LogP contribution in [0.4, 0.5) is 0 Å². The van der Waals surface area contributed by atoms with Gasteiger partial charge in [-0.25, -0.2) is 4.98 Å². The van der Waals surface area contributed by atoms with Crippen LogP contribution in [-0.4, -0.2) is 9.55 Å². The molecular weight excluding hydrogens is 272 g/mol. The Bertz CT molecular complexity index is 736. The second-order valence-corrected chi connectivity index (χ2v) is 6.42. The number of hydrogen-bond donors (Lipinski definition) is 0. The molecule has 0 radical (unpaired) electrons. The average Bonchev–Trinajstić information content (AvgIpc) is 2.97. The molecule has 0 aliphatic carbocycles. The molecule has 0 amide bonds. The summed E-state index contributed by atoms with van der Waals surface area (Å²) in [6, 6.07) is 9.71. The first-order chi connectivity index (χ1) is 9.45. The zero-order valence-corrected chi connectivity index (χ0v) is 12.6. The van der Waals surface area contributed by atoms with E-state index in [0.29, 0.717) is 11.6 Å². The van der Waals surface area contributed by atoms with Crippen molar-refractivity contribution in [2.75, 3.05) is 0 Å². The number of hydrogen-bond acceptors (Lipinski definition) is 2. The Morgan fingerprint density at radius 3 is 2.70 bits per heavy atom. The van der Waals surface area contributed by atoms with Crippen molar-refractivity contribution in [2.24, 2.45) is 0 Å². The fraction of sp³-hybridized carbons (Fsp3) is 0.312. The molecule has 2 aromatic heterocycles. The summed E-state index contributed by atoms with van der Waals surface area (Å²) in [5.41, 5.74) is 1.96. The molecule has 2 heterocycles. The van der Waals surface area contributed by atoms with Crippen molar-refractivity contribution in [3.05, 3.63) is 53.2 Å². The van der Waals surface area contributed by atoms with Crippen LogP contribution in [0.15, 0.2) is 41.0 Å². The molecule has 0 bridgehead atoms. The molecule has 3 rings (SSSR count). The highest BCUT2D eigenvalue weighted by Crippen LogP contribution is 2.28. The maximum absolute atomic E-state index is 6.07. The number of imidazole rings is 1. The van der Waals surface area contributed by atoms with Gasteiger partial charge >= 0.3 is 0 Å². The van der Waals surface area contributed by atoms with Gasteiger partial charge in [0.25, 0.3) is 0 Å². The summed E-state index contributed by atoms with van der Waals surface area (Å²) in [4.78, 5) is 4.76. The molecule has 0 aliphatic heterocycles. The lowest BCUT2D eigenvalue weighted by Gasteiger charge is -2.19. The number of aromatic nitrogens is 2. The van der Waals surface area contributed by atoms with Gasteiger partial charge in [-0.15, -0.1) is 0 Å². The van der Waals surface area contributed by atoms with Crippen LogP contribution < -0.4 is 0 Å². The quantitative estimate of drug-likeness (QED) is 0.688. The van der Waals surface area contributed by atoms with Gasteiger partial charge in [-0.3, -0.25) is 0 Å². The Morgan fingerprint density at radius 2 is 2.05 bits per heavy atom. The zero-order chi connectivity index (χ0) is 14.3. The van der Waals surface area contributed by atoms with Crippen LogP contribution in [0, 0.1) is 0 Å². The first kappa shape index (κ1) is 13.3. The number of halogens is 1. The molecule has 0 aliphatic rings. The van der Waals surface area contributed by atoms with Gasteiger partial charge in [0.2, 0.25) is 0 Å². The largest absolute Gasteiger partial charge is 0.467 e. The molecule has 3 aromatic rings. The van der Waals surface area contributed by atoms with Crippen LogP contribution in [0.25, 0.3) is 11.0 Å². The van der Waals surface area contributed by atoms with E-state index in [0.717, 1.165) is 22.6 Å². The number of nitrogens with zero attached hydrogens (tertiary/aromatic N) is 2. The van der Waals surface area contributed by atoms with Gasteiger partial charge in [-0.05, 0) is 30.3 Å². The Hall–Kier alpha value is -1.74. The van der Waals surface area contributed by atoms with Gasteiger partial charge in [0.05, 0.1) is 23.8 Å². The van der Waals surface area contributed by atoms with Gasteiger partial charge in [0.1, 0.15) is 11.6 Å². The lowest BCUT2D eigenvalue weighted by molar-refractivity contribution is 0.467. The minimum absolute atomic E-state index is 0.0436. The molecule has 0 N–H and O–H groups in total. The molecule has 4 heteroatoms. The zero-order valence-electron chi connectivity index (χ0n) is 11.9. The Morgan fingerprint density at radius 1 is 1.25 bits per heavy atom. The van der Waals surface area contributed by atoms with Crippen LogP contribution in [0.5, 0.6) is 0 Å². The predicted octanol–water partition coefficient (Wildman–Crippen LogP) is 4.63. The van der Waals surface area contributed by atoms with E-state index >= 15 is 0 Å². The molecular formula is C16H17ClN2O. The highest BCUT2D eigenvalue weighted by atomic mass is 35.5. The van der Waals surface area contributed by atoms with E-state index in [9.17, 15) is 0 Å². The van der Waals surface area contributed by atoms with Gasteiger partial charge in [-0.1, -0.05) is 32.4 Å². The van der Waals surface area contributed by atoms with E-state index < -0.39 is 0 Å². The molecule has 3 nitrogen and oxygen atoms in total. The van der Waals surface area contributed by atoms with Gasteiger partial charge in [0, 0.05) is 10.4 Å². The van der Waals surface area contributed by atoms with E-state index in [-0.39, 0.29) is 5.41 Å². The maximum atomic E-state index is 6.07. The molecule has 1 aromatic carbocycles. The van der Waals surface area contributed by atoms with Crippen molar-refractivity contribution in [1.82, 2.24) is 9.55 Å². The maximum Gasteiger partial charge on any atom is 0.123 e. The van der Waals surface area contributed by atoms with Crippen molar-refractivity contribution >= 4 is 22.6 Å². The molecule has 104 valence electrons. The Balaban J connectivity index is 2.20. The highest BCUT2D eigenvalue weighted by Gasteiger charge is 2.23. The number of fused-ring (bicyclic) bond motifs is 1. The van der Waals surface area contributed by atoms with E-state index in [1.54, 1.807) is 6.26 Å². The lowest BCUT2D eigenvalue weighted by Crippen LogP contribution is -2.19. The Labute approximate surface area is 123 Å². The van der Waals surface area contributed by atoms with Gasteiger partial charge < -0.3 is 8.98 Å². The van der Waals surface area contributed by atoms with Crippen LogP contribution in [-0.2, 0) is 12.0 Å². The molecule has 0 spiro atoms. The van der Waals surface area contributed by atoms with Crippen LogP contribution >= 0.6 is 11.6 Å². The third-order valence-corrected chi connectivity index (χ3v) is 3.51. The number of benzene rings is 1. The highest BCUT2D eigenvalue weighted by molar-refractivity contribution is 6.31. The van der Waals surface area contributed by atoms with E-state index in [2.05, 4.69) is 25.3 Å². The van der Waals surface area contributed by atoms with E-state index in [1.807, 2.05) is 30.3 Å². The van der Waals surface area contributed by atoms with Crippen molar-refractivity contribution in [1.29, 1.82) is 0 Å². The fourth-order valence-corrected chi connectivity index (χ4v) is 2.56. The van der Waals surface area contributed by atoms with E-state index in [1.165, 1.54) is 0 Å². The van der Waals surface area contributed by atoms with Gasteiger partial charge in [-0.2, -0.15) is 0 Å². The predicted molar refractivity (Wildman–Crippen MR) is 81.3 cm³/mol. The molecule has 0 saturated heterocycles. The van der Waals surface area contributed by atoms with Crippen LogP contribution in [0.1, 0.15) is 32.4 Å². The topological polar surface area (TPSA) is 31.0 Å². The lowest BCUT2D eigenvalue weighted by atomic mass is 9.95. The third-order valence-electron chi connectivity index (χ3n) is 3.28. The summed E-state index contributed by atoms with van der Waals surface area (Å²) in [7, 11) is 0. The minimum Gasteiger partial charge on any atom is -0.467 e. The molecule has 0 unspecified atom stereocenters. The second-order valence-electron chi connectivity index (χ2n) is 5.98. The van der Waals surface area contributed by atoms with Crippen molar-refractivity contribution in [2.45, 2.75) is 32.7 Å². The summed E-state index contributed by atoms with van der Waals surface area (Å²) >= 11 is 6.07. The second kappa shape index (κ2) is 4.67. The molecule has 20 heavy (non-hydrogen) atoms. The van der Waals surface area contributed by atoms with Crippen LogP contribution in [0.3, 0.4) is 0 Å². The average molecular weight is 289 g/mol.